The molecule has 0 fully saturated rings. The van der Waals surface area contributed by atoms with E-state index in [9.17, 15) is 0 Å². The summed E-state index contributed by atoms with van der Waals surface area (Å²) in [6.45, 7) is 5.03. The zero-order chi connectivity index (χ0) is 9.47. The van der Waals surface area contributed by atoms with Crippen molar-refractivity contribution in [2.24, 2.45) is 0 Å². The molecular weight excluding hydrogens is 277 g/mol. The van der Waals surface area contributed by atoms with Crippen LogP contribution in [0.25, 0.3) is 0 Å². The normalized spacial score (nSPS) is 18.4. The Bertz CT molecular complexity index is 336. The van der Waals surface area contributed by atoms with Gasteiger partial charge in [0.2, 0.25) is 0 Å². The summed E-state index contributed by atoms with van der Waals surface area (Å²) in [6, 6.07) is 6.10. The van der Waals surface area contributed by atoms with Gasteiger partial charge in [-0.25, -0.2) is 0 Å². The third kappa shape index (κ3) is 1.75. The number of ether oxygens (including phenoxy) is 1. The monoisotopic (exact) mass is 289 g/mol. The van der Waals surface area contributed by atoms with Crippen molar-refractivity contribution in [3.05, 3.63) is 21.8 Å². The highest BCUT2D eigenvalue weighted by molar-refractivity contribution is 14.1. The molecule has 70 valence electrons. The molecule has 0 atom stereocenters. The molecule has 0 saturated heterocycles. The van der Waals surface area contributed by atoms with Crippen LogP contribution in [-0.2, 0) is 0 Å². The number of rotatable bonds is 0. The van der Waals surface area contributed by atoms with Gasteiger partial charge in [0.25, 0.3) is 0 Å². The lowest BCUT2D eigenvalue weighted by molar-refractivity contribution is 0.116. The molecule has 2 rings (SSSR count). The molecule has 0 radical (unpaired) electrons. The molecule has 1 heterocycles. The Labute approximate surface area is 91.8 Å². The lowest BCUT2D eigenvalue weighted by Gasteiger charge is -2.33. The summed E-state index contributed by atoms with van der Waals surface area (Å²) in [6.07, 6.45) is 0. The van der Waals surface area contributed by atoms with E-state index < -0.39 is 0 Å². The molecule has 1 aromatic carbocycles. The molecule has 0 bridgehead atoms. The zero-order valence-corrected chi connectivity index (χ0v) is 9.88. The quantitative estimate of drug-likeness (QED) is 0.742. The van der Waals surface area contributed by atoms with Crippen LogP contribution >= 0.6 is 22.6 Å². The van der Waals surface area contributed by atoms with E-state index in [4.69, 9.17) is 4.74 Å². The number of hydrogen-bond donors (Lipinski definition) is 1. The second-order valence-electron chi connectivity index (χ2n) is 3.83. The number of para-hydroxylation sites is 1. The topological polar surface area (TPSA) is 21.3 Å². The van der Waals surface area contributed by atoms with Crippen LogP contribution in [0.5, 0.6) is 5.75 Å². The fourth-order valence-electron chi connectivity index (χ4n) is 1.40. The van der Waals surface area contributed by atoms with Gasteiger partial charge in [0.15, 0.2) is 0 Å². The Balaban J connectivity index is 2.42. The van der Waals surface area contributed by atoms with E-state index in [0.29, 0.717) is 0 Å². The molecule has 1 aliphatic heterocycles. The van der Waals surface area contributed by atoms with Gasteiger partial charge in [-0.1, -0.05) is 6.07 Å². The van der Waals surface area contributed by atoms with Gasteiger partial charge < -0.3 is 10.1 Å². The summed E-state index contributed by atoms with van der Waals surface area (Å²) in [4.78, 5) is 0. The van der Waals surface area contributed by atoms with E-state index >= 15 is 0 Å². The predicted molar refractivity (Wildman–Crippen MR) is 62.4 cm³/mol. The minimum atomic E-state index is -0.0998. The van der Waals surface area contributed by atoms with Crippen molar-refractivity contribution in [3.8, 4) is 5.75 Å². The van der Waals surface area contributed by atoms with E-state index in [2.05, 4.69) is 47.8 Å². The fraction of sp³-hybridized carbons (Fsp3) is 0.400. The summed E-state index contributed by atoms with van der Waals surface area (Å²) in [5.41, 5.74) is 1.03. The molecule has 0 unspecified atom stereocenters. The van der Waals surface area contributed by atoms with Crippen molar-refractivity contribution >= 4 is 28.3 Å². The van der Waals surface area contributed by atoms with Crippen LogP contribution in [0.4, 0.5) is 5.69 Å². The fourth-order valence-corrected chi connectivity index (χ4v) is 2.06. The van der Waals surface area contributed by atoms with Gasteiger partial charge in [0.05, 0.1) is 12.2 Å². The first-order valence-corrected chi connectivity index (χ1v) is 5.38. The first-order valence-electron chi connectivity index (χ1n) is 4.30. The van der Waals surface area contributed by atoms with Gasteiger partial charge >= 0.3 is 0 Å². The van der Waals surface area contributed by atoms with Crippen molar-refractivity contribution in [1.82, 2.24) is 0 Å². The molecule has 0 aliphatic carbocycles. The van der Waals surface area contributed by atoms with Crippen molar-refractivity contribution in [3.63, 3.8) is 0 Å². The van der Waals surface area contributed by atoms with Crippen molar-refractivity contribution < 1.29 is 4.74 Å². The Kier molecular flexibility index (Phi) is 2.14. The molecule has 1 N–H and O–H groups in total. The smallest absolute Gasteiger partial charge is 0.144 e. The van der Waals surface area contributed by atoms with E-state index in [1.165, 1.54) is 3.57 Å². The number of fused-ring (bicyclic) bond motifs is 1. The molecule has 1 aliphatic rings. The molecule has 13 heavy (non-hydrogen) atoms. The van der Waals surface area contributed by atoms with Crippen LogP contribution < -0.4 is 10.1 Å². The number of hydrogen-bond acceptors (Lipinski definition) is 2. The average Bonchev–Trinajstić information content (AvgIpc) is 2.02. The number of nitrogens with one attached hydrogen (secondary N) is 1. The van der Waals surface area contributed by atoms with E-state index in [1.54, 1.807) is 0 Å². The molecule has 0 aromatic heterocycles. The van der Waals surface area contributed by atoms with Crippen LogP contribution in [0.3, 0.4) is 0 Å². The Hall–Kier alpha value is -0.450. The van der Waals surface area contributed by atoms with E-state index in [1.807, 2.05) is 12.1 Å². The molecule has 1 aromatic rings. The Morgan fingerprint density at radius 1 is 1.46 bits per heavy atom. The van der Waals surface area contributed by atoms with E-state index in [0.717, 1.165) is 18.0 Å². The zero-order valence-electron chi connectivity index (χ0n) is 7.73. The summed E-state index contributed by atoms with van der Waals surface area (Å²) >= 11 is 2.31. The third-order valence-electron chi connectivity index (χ3n) is 2.05. The predicted octanol–water partition coefficient (Wildman–Crippen LogP) is 2.87. The van der Waals surface area contributed by atoms with Gasteiger partial charge in [-0.2, -0.15) is 0 Å². The van der Waals surface area contributed by atoms with Crippen LogP contribution in [0, 0.1) is 3.57 Å². The SMILES string of the molecule is CC1(C)CNc2c(I)cccc2O1. The largest absolute Gasteiger partial charge is 0.484 e. The number of benzene rings is 1. The van der Waals surface area contributed by atoms with Crippen LogP contribution in [0.1, 0.15) is 13.8 Å². The lowest BCUT2D eigenvalue weighted by atomic mass is 10.1. The maximum atomic E-state index is 5.83. The highest BCUT2D eigenvalue weighted by Gasteiger charge is 2.26. The highest BCUT2D eigenvalue weighted by atomic mass is 127. The standard InChI is InChI=1S/C10H12INO/c1-10(2)6-12-9-7(11)4-3-5-8(9)13-10/h3-5,12H,6H2,1-2H3. The Morgan fingerprint density at radius 2 is 2.23 bits per heavy atom. The van der Waals surface area contributed by atoms with Crippen molar-refractivity contribution in [2.75, 3.05) is 11.9 Å². The van der Waals surface area contributed by atoms with Crippen LogP contribution in [-0.4, -0.2) is 12.1 Å². The Morgan fingerprint density at radius 3 is 3.00 bits per heavy atom. The second kappa shape index (κ2) is 3.04. The summed E-state index contributed by atoms with van der Waals surface area (Å²) in [5, 5.41) is 3.39. The van der Waals surface area contributed by atoms with Crippen LogP contribution in [0.15, 0.2) is 18.2 Å². The first kappa shape index (κ1) is 9.12. The molecule has 0 saturated carbocycles. The van der Waals surface area contributed by atoms with Gasteiger partial charge in [-0.3, -0.25) is 0 Å². The third-order valence-corrected chi connectivity index (χ3v) is 2.95. The number of anilines is 1. The van der Waals surface area contributed by atoms with E-state index in [-0.39, 0.29) is 5.60 Å². The summed E-state index contributed by atoms with van der Waals surface area (Å²) in [5.74, 6) is 0.961. The maximum Gasteiger partial charge on any atom is 0.144 e. The molecule has 3 heteroatoms. The molecular formula is C10H12INO. The van der Waals surface area contributed by atoms with Crippen molar-refractivity contribution in [2.45, 2.75) is 19.4 Å². The minimum Gasteiger partial charge on any atom is -0.484 e. The molecule has 0 spiro atoms. The average molecular weight is 289 g/mol. The van der Waals surface area contributed by atoms with Gasteiger partial charge in [0.1, 0.15) is 11.4 Å². The molecule has 2 nitrogen and oxygen atoms in total. The van der Waals surface area contributed by atoms with Crippen molar-refractivity contribution in [1.29, 1.82) is 0 Å². The second-order valence-corrected chi connectivity index (χ2v) is 4.99. The lowest BCUT2D eigenvalue weighted by Crippen LogP contribution is -2.40. The summed E-state index contributed by atoms with van der Waals surface area (Å²) in [7, 11) is 0. The van der Waals surface area contributed by atoms with Gasteiger partial charge in [-0.05, 0) is 48.6 Å². The van der Waals surface area contributed by atoms with Crippen LogP contribution in [0.2, 0.25) is 0 Å². The summed E-state index contributed by atoms with van der Waals surface area (Å²) < 4.78 is 7.05. The van der Waals surface area contributed by atoms with Gasteiger partial charge in [-0.15, -0.1) is 0 Å². The minimum absolute atomic E-state index is 0.0998. The maximum absolute atomic E-state index is 5.83. The first-order chi connectivity index (χ1) is 6.08. The number of halogens is 1. The molecule has 0 amide bonds. The van der Waals surface area contributed by atoms with Gasteiger partial charge in [0, 0.05) is 3.57 Å². The highest BCUT2D eigenvalue weighted by Crippen LogP contribution is 2.35.